The van der Waals surface area contributed by atoms with Crippen molar-refractivity contribution in [1.82, 2.24) is 4.90 Å². The number of aryl methyl sites for hydroxylation is 1. The van der Waals surface area contributed by atoms with Crippen molar-refractivity contribution in [2.45, 2.75) is 19.8 Å². The Bertz CT molecular complexity index is 828. The molecule has 1 aliphatic heterocycles. The van der Waals surface area contributed by atoms with Gasteiger partial charge in [-0.3, -0.25) is 19.3 Å². The van der Waals surface area contributed by atoms with Gasteiger partial charge in [0.25, 0.3) is 11.8 Å². The van der Waals surface area contributed by atoms with Gasteiger partial charge in [-0.15, -0.1) is 0 Å². The lowest BCUT2D eigenvalue weighted by atomic mass is 10.1. The molecule has 0 saturated carbocycles. The molecule has 0 saturated heterocycles. The molecule has 0 aliphatic carbocycles. The highest BCUT2D eigenvalue weighted by atomic mass is 19.1. The monoisotopic (exact) mass is 340 g/mol. The number of nitrogens with one attached hydrogen (secondary N) is 1. The average molecular weight is 340 g/mol. The maximum absolute atomic E-state index is 13.1. The molecule has 1 aliphatic rings. The van der Waals surface area contributed by atoms with Crippen LogP contribution in [0.4, 0.5) is 10.1 Å². The summed E-state index contributed by atoms with van der Waals surface area (Å²) in [7, 11) is 0. The van der Waals surface area contributed by atoms with Gasteiger partial charge in [-0.2, -0.15) is 0 Å². The quantitative estimate of drug-likeness (QED) is 0.850. The molecule has 0 radical (unpaired) electrons. The summed E-state index contributed by atoms with van der Waals surface area (Å²) in [6.45, 7) is 1.89. The van der Waals surface area contributed by atoms with E-state index in [1.165, 1.54) is 23.1 Å². The van der Waals surface area contributed by atoms with E-state index in [1.807, 2.05) is 0 Å². The van der Waals surface area contributed by atoms with Crippen molar-refractivity contribution in [1.29, 1.82) is 0 Å². The Morgan fingerprint density at radius 1 is 1.08 bits per heavy atom. The van der Waals surface area contributed by atoms with Gasteiger partial charge in [0.15, 0.2) is 0 Å². The van der Waals surface area contributed by atoms with Crippen LogP contribution in [0.15, 0.2) is 42.5 Å². The van der Waals surface area contributed by atoms with Crippen molar-refractivity contribution in [3.8, 4) is 0 Å². The zero-order chi connectivity index (χ0) is 18.0. The fourth-order valence-electron chi connectivity index (χ4n) is 2.82. The first-order chi connectivity index (χ1) is 12.0. The minimum absolute atomic E-state index is 0.157. The molecule has 2 aromatic carbocycles. The predicted octanol–water partition coefficient (Wildman–Crippen LogP) is 3.15. The van der Waals surface area contributed by atoms with E-state index in [4.69, 9.17) is 0 Å². The second kappa shape index (κ2) is 6.84. The van der Waals surface area contributed by atoms with Crippen molar-refractivity contribution in [3.63, 3.8) is 0 Å². The van der Waals surface area contributed by atoms with Crippen LogP contribution in [-0.2, 0) is 4.79 Å². The van der Waals surface area contributed by atoms with E-state index in [0.29, 0.717) is 28.8 Å². The molecule has 0 bridgehead atoms. The number of imide groups is 1. The highest BCUT2D eigenvalue weighted by Gasteiger charge is 2.34. The van der Waals surface area contributed by atoms with E-state index in [9.17, 15) is 18.8 Å². The molecule has 1 N–H and O–H groups in total. The SMILES string of the molecule is Cc1cc(F)ccc1NC(=O)CCCN1C(=O)c2ccccc2C1=O. The van der Waals surface area contributed by atoms with Gasteiger partial charge in [0.1, 0.15) is 5.82 Å². The summed E-state index contributed by atoms with van der Waals surface area (Å²) < 4.78 is 13.1. The van der Waals surface area contributed by atoms with Crippen LogP contribution in [-0.4, -0.2) is 29.2 Å². The number of carbonyl (C=O) groups is 3. The molecule has 3 rings (SSSR count). The van der Waals surface area contributed by atoms with Crippen LogP contribution in [0.5, 0.6) is 0 Å². The Morgan fingerprint density at radius 3 is 2.32 bits per heavy atom. The molecule has 128 valence electrons. The molecule has 0 aromatic heterocycles. The first-order valence-corrected chi connectivity index (χ1v) is 7.98. The normalized spacial score (nSPS) is 13.1. The predicted molar refractivity (Wildman–Crippen MR) is 90.8 cm³/mol. The largest absolute Gasteiger partial charge is 0.326 e. The van der Waals surface area contributed by atoms with Crippen LogP contribution < -0.4 is 5.32 Å². The molecule has 0 unspecified atom stereocenters. The van der Waals surface area contributed by atoms with Crippen LogP contribution in [0.3, 0.4) is 0 Å². The van der Waals surface area contributed by atoms with Crippen LogP contribution in [0.1, 0.15) is 39.1 Å². The minimum Gasteiger partial charge on any atom is -0.326 e. The second-order valence-corrected chi connectivity index (χ2v) is 5.92. The smallest absolute Gasteiger partial charge is 0.261 e. The maximum atomic E-state index is 13.1. The summed E-state index contributed by atoms with van der Waals surface area (Å²) in [5.41, 5.74) is 1.98. The van der Waals surface area contributed by atoms with E-state index in [-0.39, 0.29) is 36.5 Å². The number of nitrogens with zero attached hydrogens (tertiary/aromatic N) is 1. The fraction of sp³-hybridized carbons (Fsp3) is 0.211. The van der Waals surface area contributed by atoms with Gasteiger partial charge in [-0.05, 0) is 49.2 Å². The number of hydrogen-bond acceptors (Lipinski definition) is 3. The Morgan fingerprint density at radius 2 is 1.72 bits per heavy atom. The highest BCUT2D eigenvalue weighted by Crippen LogP contribution is 2.23. The lowest BCUT2D eigenvalue weighted by molar-refractivity contribution is -0.116. The molecule has 5 nitrogen and oxygen atoms in total. The van der Waals surface area contributed by atoms with Gasteiger partial charge in [0, 0.05) is 18.7 Å². The Kier molecular flexibility index (Phi) is 4.61. The molecular weight excluding hydrogens is 323 g/mol. The Labute approximate surface area is 144 Å². The lowest BCUT2D eigenvalue weighted by Gasteiger charge is -2.13. The van der Waals surface area contributed by atoms with Crippen LogP contribution >= 0.6 is 0 Å². The summed E-state index contributed by atoms with van der Waals surface area (Å²) in [6.07, 6.45) is 0.516. The maximum Gasteiger partial charge on any atom is 0.261 e. The van der Waals surface area contributed by atoms with Crippen molar-refractivity contribution in [3.05, 3.63) is 65.0 Å². The summed E-state index contributed by atoms with van der Waals surface area (Å²) in [6, 6.07) is 10.8. The number of rotatable bonds is 5. The average Bonchev–Trinajstić information content (AvgIpc) is 2.83. The van der Waals surface area contributed by atoms with Gasteiger partial charge in [0.2, 0.25) is 5.91 Å². The number of halogens is 1. The lowest BCUT2D eigenvalue weighted by Crippen LogP contribution is -2.31. The number of anilines is 1. The summed E-state index contributed by atoms with van der Waals surface area (Å²) in [4.78, 5) is 37.6. The molecule has 3 amide bonds. The molecule has 6 heteroatoms. The van der Waals surface area contributed by atoms with Crippen LogP contribution in [0.25, 0.3) is 0 Å². The number of benzene rings is 2. The van der Waals surface area contributed by atoms with Crippen molar-refractivity contribution < 1.29 is 18.8 Å². The summed E-state index contributed by atoms with van der Waals surface area (Å²) in [5, 5.41) is 2.71. The fourth-order valence-corrected chi connectivity index (χ4v) is 2.82. The molecular formula is C19H17FN2O3. The number of carbonyl (C=O) groups excluding carboxylic acids is 3. The third kappa shape index (κ3) is 3.42. The summed E-state index contributed by atoms with van der Waals surface area (Å²) >= 11 is 0. The third-order valence-corrected chi connectivity index (χ3v) is 4.13. The molecule has 1 heterocycles. The van der Waals surface area contributed by atoms with Crippen molar-refractivity contribution >= 4 is 23.4 Å². The van der Waals surface area contributed by atoms with E-state index in [0.717, 1.165) is 0 Å². The Hall–Kier alpha value is -3.02. The van der Waals surface area contributed by atoms with Gasteiger partial charge in [-0.25, -0.2) is 4.39 Å². The number of fused-ring (bicyclic) bond motifs is 1. The first-order valence-electron chi connectivity index (χ1n) is 7.98. The van der Waals surface area contributed by atoms with Crippen LogP contribution in [0.2, 0.25) is 0 Å². The van der Waals surface area contributed by atoms with Gasteiger partial charge in [-0.1, -0.05) is 12.1 Å². The zero-order valence-electron chi connectivity index (χ0n) is 13.7. The summed E-state index contributed by atoms with van der Waals surface area (Å²) in [5.74, 6) is -1.25. The van der Waals surface area contributed by atoms with E-state index < -0.39 is 0 Å². The standard InChI is InChI=1S/C19H17FN2O3/c1-12-11-13(20)8-9-16(12)21-17(23)7-4-10-22-18(24)14-5-2-3-6-15(14)19(22)25/h2-3,5-6,8-9,11H,4,7,10H2,1H3,(H,21,23). The molecule has 25 heavy (non-hydrogen) atoms. The van der Waals surface area contributed by atoms with Crippen molar-refractivity contribution in [2.75, 3.05) is 11.9 Å². The van der Waals surface area contributed by atoms with E-state index >= 15 is 0 Å². The molecule has 2 aromatic rings. The zero-order valence-corrected chi connectivity index (χ0v) is 13.7. The topological polar surface area (TPSA) is 66.5 Å². The van der Waals surface area contributed by atoms with Gasteiger partial charge >= 0.3 is 0 Å². The Balaban J connectivity index is 1.54. The van der Waals surface area contributed by atoms with E-state index in [1.54, 1.807) is 31.2 Å². The van der Waals surface area contributed by atoms with Crippen molar-refractivity contribution in [2.24, 2.45) is 0 Å². The van der Waals surface area contributed by atoms with Gasteiger partial charge < -0.3 is 5.32 Å². The van der Waals surface area contributed by atoms with Gasteiger partial charge in [0.05, 0.1) is 11.1 Å². The minimum atomic E-state index is -0.360. The third-order valence-electron chi connectivity index (χ3n) is 4.13. The molecule has 0 spiro atoms. The van der Waals surface area contributed by atoms with Crippen LogP contribution in [0, 0.1) is 12.7 Å². The molecule has 0 atom stereocenters. The number of amides is 3. The highest BCUT2D eigenvalue weighted by molar-refractivity contribution is 6.21. The van der Waals surface area contributed by atoms with E-state index in [2.05, 4.69) is 5.32 Å². The number of hydrogen-bond donors (Lipinski definition) is 1. The molecule has 0 fully saturated rings. The first kappa shape index (κ1) is 16.8. The second-order valence-electron chi connectivity index (χ2n) is 5.92.